The molecule has 0 aliphatic carbocycles. The van der Waals surface area contributed by atoms with Crippen LogP contribution < -0.4 is 5.11 Å². The molecule has 9 heteroatoms. The predicted octanol–water partition coefficient (Wildman–Crippen LogP) is 18.4. The zero-order valence-electron chi connectivity index (χ0n) is 51.5. The van der Waals surface area contributed by atoms with Crippen LogP contribution in [0, 0.1) is 0 Å². The quantitative estimate of drug-likeness (QED) is 0.0195. The van der Waals surface area contributed by atoms with Crippen LogP contribution in [0.25, 0.3) is 0 Å². The minimum Gasteiger partial charge on any atom is -0.545 e. The molecule has 0 aliphatic rings. The summed E-state index contributed by atoms with van der Waals surface area (Å²) < 4.78 is 22.8. The van der Waals surface area contributed by atoms with Crippen molar-refractivity contribution in [2.75, 3.05) is 47.5 Å². The number of rotatable bonds is 60. The molecular formula is C69H123NO8. The first-order chi connectivity index (χ1) is 38.1. The van der Waals surface area contributed by atoms with Gasteiger partial charge >= 0.3 is 11.9 Å². The van der Waals surface area contributed by atoms with Crippen LogP contribution in [0.3, 0.4) is 0 Å². The van der Waals surface area contributed by atoms with Crippen molar-refractivity contribution in [1.29, 1.82) is 0 Å². The average molecular weight is 1090 g/mol. The summed E-state index contributed by atoms with van der Waals surface area (Å²) in [6.45, 7) is 4.67. The number of aliphatic carboxylic acids is 1. The average Bonchev–Trinajstić information content (AvgIpc) is 3.41. The first-order valence-corrected chi connectivity index (χ1v) is 32.6. The fourth-order valence-electron chi connectivity index (χ4n) is 9.25. The Morgan fingerprint density at radius 3 is 1.09 bits per heavy atom. The molecule has 2 atom stereocenters. The van der Waals surface area contributed by atoms with Crippen molar-refractivity contribution >= 4 is 17.9 Å². The van der Waals surface area contributed by atoms with Crippen molar-refractivity contribution in [3.05, 3.63) is 72.9 Å². The van der Waals surface area contributed by atoms with Crippen molar-refractivity contribution in [3.8, 4) is 0 Å². The Bertz CT molecular complexity index is 1510. The van der Waals surface area contributed by atoms with Gasteiger partial charge in [0.2, 0.25) is 0 Å². The third-order valence-corrected chi connectivity index (χ3v) is 14.2. The van der Waals surface area contributed by atoms with E-state index < -0.39 is 24.3 Å². The number of ether oxygens (including phenoxy) is 4. The Morgan fingerprint density at radius 2 is 0.731 bits per heavy atom. The van der Waals surface area contributed by atoms with Crippen LogP contribution in [0.2, 0.25) is 0 Å². The van der Waals surface area contributed by atoms with Gasteiger partial charge in [-0.1, -0.05) is 286 Å². The Balaban J connectivity index is 4.13. The Labute approximate surface area is 481 Å². The standard InChI is InChI=1S/C69H123NO8/c1-6-8-10-12-14-16-18-20-22-24-26-28-29-30-31-32-33-34-35-36-37-38-39-40-42-44-46-48-50-52-54-56-58-60-67(72)78-65(64-77-69(68(73)74)75-62-61-70(3,4)5)63-76-66(71)59-57-55-53-51-49-47-45-43-41-27-25-23-21-19-17-15-13-11-9-7-2/h8,10,14,16,20,22,26,28,30-31,33-34,65,69H,6-7,9,11-13,15,17-19,21,23-25,27,29,32,35-64H2,1-5H3/b10-8-,16-14-,22-20-,28-26-,31-30-,34-33-. The molecule has 0 N–H and O–H groups in total. The van der Waals surface area contributed by atoms with Crippen molar-refractivity contribution < 1.29 is 42.9 Å². The lowest BCUT2D eigenvalue weighted by atomic mass is 10.0. The largest absolute Gasteiger partial charge is 0.545 e. The normalized spacial score (nSPS) is 13.2. The zero-order valence-corrected chi connectivity index (χ0v) is 51.5. The molecule has 9 nitrogen and oxygen atoms in total. The number of carboxylic acids is 1. The highest BCUT2D eigenvalue weighted by Gasteiger charge is 2.22. The van der Waals surface area contributed by atoms with Gasteiger partial charge in [0.25, 0.3) is 0 Å². The SMILES string of the molecule is CC/C=C\C/C=C\C/C=C\C/C=C\C/C=C\C/C=C\CCCCCCCCCCCCCCCCC(=O)OC(COC(=O)CCCCCCCCCCCCCCCCCCCCCC)COC(OCC[N+](C)(C)C)C(=O)[O-]. The number of quaternary nitrogens is 1. The first-order valence-electron chi connectivity index (χ1n) is 32.6. The highest BCUT2D eigenvalue weighted by atomic mass is 16.7. The number of hydrogen-bond acceptors (Lipinski definition) is 8. The Hall–Kier alpha value is -3.27. The number of carbonyl (C=O) groups is 3. The molecule has 0 spiro atoms. The van der Waals surface area contributed by atoms with Gasteiger partial charge in [-0.25, -0.2) is 0 Å². The van der Waals surface area contributed by atoms with Crippen LogP contribution >= 0.6 is 0 Å². The van der Waals surface area contributed by atoms with Gasteiger partial charge in [-0.15, -0.1) is 0 Å². The molecule has 0 saturated heterocycles. The van der Waals surface area contributed by atoms with E-state index in [4.69, 9.17) is 18.9 Å². The van der Waals surface area contributed by atoms with Crippen LogP contribution in [0.15, 0.2) is 72.9 Å². The molecular weight excluding hydrogens is 971 g/mol. The van der Waals surface area contributed by atoms with E-state index in [9.17, 15) is 19.5 Å². The lowest BCUT2D eigenvalue weighted by Gasteiger charge is -2.26. The third-order valence-electron chi connectivity index (χ3n) is 14.2. The van der Waals surface area contributed by atoms with Crippen molar-refractivity contribution in [3.63, 3.8) is 0 Å². The van der Waals surface area contributed by atoms with Crippen LogP contribution in [0.1, 0.15) is 290 Å². The molecule has 0 aliphatic heterocycles. The van der Waals surface area contributed by atoms with Crippen LogP contribution in [-0.4, -0.2) is 82.3 Å². The number of unbranched alkanes of at least 4 members (excludes halogenated alkanes) is 33. The second-order valence-corrected chi connectivity index (χ2v) is 23.0. The van der Waals surface area contributed by atoms with Gasteiger partial charge in [-0.3, -0.25) is 9.59 Å². The zero-order chi connectivity index (χ0) is 56.9. The van der Waals surface area contributed by atoms with Crippen molar-refractivity contribution in [2.45, 2.75) is 302 Å². The minimum atomic E-state index is -1.62. The number of esters is 2. The summed E-state index contributed by atoms with van der Waals surface area (Å²) >= 11 is 0. The summed E-state index contributed by atoms with van der Waals surface area (Å²) in [5.74, 6) is -2.27. The summed E-state index contributed by atoms with van der Waals surface area (Å²) in [4.78, 5) is 37.4. The van der Waals surface area contributed by atoms with Crippen LogP contribution in [0.5, 0.6) is 0 Å². The van der Waals surface area contributed by atoms with E-state index >= 15 is 0 Å². The Morgan fingerprint density at radius 1 is 0.397 bits per heavy atom. The van der Waals surface area contributed by atoms with E-state index in [2.05, 4.69) is 86.8 Å². The maximum Gasteiger partial charge on any atom is 0.306 e. The predicted molar refractivity (Wildman–Crippen MR) is 329 cm³/mol. The second-order valence-electron chi connectivity index (χ2n) is 23.0. The topological polar surface area (TPSA) is 111 Å². The van der Waals surface area contributed by atoms with Crippen molar-refractivity contribution in [1.82, 2.24) is 0 Å². The van der Waals surface area contributed by atoms with Gasteiger partial charge in [-0.2, -0.15) is 0 Å². The van der Waals surface area contributed by atoms with Crippen LogP contribution in [-0.2, 0) is 33.3 Å². The van der Waals surface area contributed by atoms with E-state index in [0.717, 1.165) is 77.0 Å². The molecule has 2 unspecified atom stereocenters. The van der Waals surface area contributed by atoms with Gasteiger partial charge in [0.15, 0.2) is 12.4 Å². The van der Waals surface area contributed by atoms with Crippen LogP contribution in [0.4, 0.5) is 0 Å². The molecule has 0 aromatic carbocycles. The summed E-state index contributed by atoms with van der Waals surface area (Å²) in [6.07, 6.45) is 75.4. The van der Waals surface area contributed by atoms with Gasteiger partial charge in [0.1, 0.15) is 13.2 Å². The summed E-state index contributed by atoms with van der Waals surface area (Å²) in [6, 6.07) is 0. The second kappa shape index (κ2) is 59.8. The maximum absolute atomic E-state index is 12.9. The molecule has 452 valence electrons. The van der Waals surface area contributed by atoms with E-state index in [1.165, 1.54) is 180 Å². The lowest BCUT2D eigenvalue weighted by molar-refractivity contribution is -0.870. The number of hydrogen-bond donors (Lipinski definition) is 0. The molecule has 0 radical (unpaired) electrons. The van der Waals surface area contributed by atoms with Gasteiger partial charge < -0.3 is 33.3 Å². The number of carbonyl (C=O) groups excluding carboxylic acids is 3. The molecule has 0 amide bonds. The highest BCUT2D eigenvalue weighted by molar-refractivity contribution is 5.70. The summed E-state index contributed by atoms with van der Waals surface area (Å²) in [7, 11) is 5.93. The summed E-state index contributed by atoms with van der Waals surface area (Å²) in [5.41, 5.74) is 0. The fourth-order valence-corrected chi connectivity index (χ4v) is 9.25. The Kier molecular flexibility index (Phi) is 57.3. The third kappa shape index (κ3) is 60.4. The summed E-state index contributed by atoms with van der Waals surface area (Å²) in [5, 5.41) is 11.8. The molecule has 0 rings (SSSR count). The number of likely N-dealkylation sites (N-methyl/N-ethyl adjacent to an activating group) is 1. The van der Waals surface area contributed by atoms with Gasteiger partial charge in [0, 0.05) is 12.8 Å². The van der Waals surface area contributed by atoms with Crippen molar-refractivity contribution in [2.24, 2.45) is 0 Å². The highest BCUT2D eigenvalue weighted by Crippen LogP contribution is 2.17. The molecule has 0 fully saturated rings. The van der Waals surface area contributed by atoms with Gasteiger partial charge in [-0.05, 0) is 64.2 Å². The van der Waals surface area contributed by atoms with E-state index in [1.807, 2.05) is 21.1 Å². The monoisotopic (exact) mass is 1090 g/mol. The van der Waals surface area contributed by atoms with Gasteiger partial charge in [0.05, 0.1) is 40.3 Å². The maximum atomic E-state index is 12.9. The molecule has 0 aromatic heterocycles. The number of nitrogens with zero attached hydrogens (tertiary/aromatic N) is 1. The first kappa shape index (κ1) is 74.7. The minimum absolute atomic E-state index is 0.148. The fraction of sp³-hybridized carbons (Fsp3) is 0.783. The van der Waals surface area contributed by atoms with E-state index in [-0.39, 0.29) is 32.2 Å². The molecule has 0 saturated carbocycles. The van der Waals surface area contributed by atoms with E-state index in [1.54, 1.807) is 0 Å². The molecule has 78 heavy (non-hydrogen) atoms. The smallest absolute Gasteiger partial charge is 0.306 e. The molecule has 0 heterocycles. The molecule has 0 aromatic rings. The molecule has 0 bridgehead atoms. The van der Waals surface area contributed by atoms with E-state index in [0.29, 0.717) is 23.9 Å². The number of allylic oxidation sites excluding steroid dienone is 12. The lowest BCUT2D eigenvalue weighted by Crippen LogP contribution is -2.44. The number of carboxylic acid groups (broad SMARTS) is 1.